The van der Waals surface area contributed by atoms with Gasteiger partial charge in [0.2, 0.25) is 5.88 Å². The molecule has 0 radical (unpaired) electrons. The molecule has 0 aliphatic rings. The van der Waals surface area contributed by atoms with Crippen molar-refractivity contribution >= 4 is 0 Å². The van der Waals surface area contributed by atoms with E-state index in [-0.39, 0.29) is 0 Å². The van der Waals surface area contributed by atoms with Crippen molar-refractivity contribution in [2.45, 2.75) is 26.3 Å². The van der Waals surface area contributed by atoms with Gasteiger partial charge < -0.3 is 4.74 Å². The monoisotopic (exact) mass is 296 g/mol. The molecule has 0 amide bonds. The first-order chi connectivity index (χ1) is 9.98. The van der Waals surface area contributed by atoms with Crippen LogP contribution in [0.1, 0.15) is 13.3 Å². The molecule has 2 rings (SSSR count). The van der Waals surface area contributed by atoms with Crippen LogP contribution < -0.4 is 4.74 Å². The van der Waals surface area contributed by atoms with Crippen molar-refractivity contribution in [1.29, 1.82) is 0 Å². The quantitative estimate of drug-likeness (QED) is 0.817. The van der Waals surface area contributed by atoms with Crippen molar-refractivity contribution in [1.82, 2.24) is 20.0 Å². The van der Waals surface area contributed by atoms with E-state index in [9.17, 15) is 13.2 Å². The van der Waals surface area contributed by atoms with Gasteiger partial charge in [0.15, 0.2) is 0 Å². The second-order valence-electron chi connectivity index (χ2n) is 3.90. The number of rotatable bonds is 3. The maximum Gasteiger partial charge on any atom is 0.574 e. The van der Waals surface area contributed by atoms with Crippen LogP contribution in [-0.4, -0.2) is 26.3 Å². The van der Waals surface area contributed by atoms with Crippen molar-refractivity contribution in [3.8, 4) is 29.0 Å². The fraction of sp³-hybridized carbons (Fsp3) is 0.308. The molecule has 8 heteroatoms. The minimum Gasteiger partial charge on any atom is -0.388 e. The molecule has 5 nitrogen and oxygen atoms in total. The Bertz CT molecular complexity index is 653. The largest absolute Gasteiger partial charge is 0.574 e. The number of alkyl halides is 3. The third-order valence-corrected chi connectivity index (χ3v) is 2.31. The highest BCUT2D eigenvalue weighted by Gasteiger charge is 2.31. The van der Waals surface area contributed by atoms with E-state index in [1.807, 2.05) is 6.92 Å². The predicted octanol–water partition coefficient (Wildman–Crippen LogP) is 2.65. The van der Waals surface area contributed by atoms with Crippen LogP contribution in [0.3, 0.4) is 0 Å². The highest BCUT2D eigenvalue weighted by molar-refractivity contribution is 5.56. The lowest BCUT2D eigenvalue weighted by Crippen LogP contribution is -2.17. The van der Waals surface area contributed by atoms with Crippen LogP contribution in [0, 0.1) is 11.8 Å². The Morgan fingerprint density at radius 3 is 2.67 bits per heavy atom. The van der Waals surface area contributed by atoms with Gasteiger partial charge in [-0.05, 0) is 6.07 Å². The molecule has 2 heterocycles. The van der Waals surface area contributed by atoms with E-state index < -0.39 is 12.2 Å². The normalized spacial score (nSPS) is 10.9. The summed E-state index contributed by atoms with van der Waals surface area (Å²) in [4.78, 5) is 4.98. The van der Waals surface area contributed by atoms with Gasteiger partial charge in [-0.1, -0.05) is 12.8 Å². The number of ether oxygens (including phenoxy) is 1. The Kier molecular flexibility index (Phi) is 4.42. The van der Waals surface area contributed by atoms with E-state index >= 15 is 0 Å². The average Bonchev–Trinajstić information content (AvgIpc) is 2.87. The molecule has 110 valence electrons. The second kappa shape index (κ2) is 6.26. The fourth-order valence-electron chi connectivity index (χ4n) is 1.47. The summed E-state index contributed by atoms with van der Waals surface area (Å²) in [5, 5.41) is 8.17. The molecule has 0 fully saturated rings. The SMILES string of the molecule is CCC#CCn1ncc(-c2ccc(OC(F)(F)F)nc2)n1. The lowest BCUT2D eigenvalue weighted by molar-refractivity contribution is -0.276. The van der Waals surface area contributed by atoms with E-state index in [1.54, 1.807) is 0 Å². The minimum atomic E-state index is -4.75. The van der Waals surface area contributed by atoms with Crippen LogP contribution in [0.4, 0.5) is 13.2 Å². The van der Waals surface area contributed by atoms with Gasteiger partial charge in [0.25, 0.3) is 0 Å². The molecule has 0 aliphatic heterocycles. The first kappa shape index (κ1) is 14.8. The summed E-state index contributed by atoms with van der Waals surface area (Å²) < 4.78 is 39.7. The third kappa shape index (κ3) is 4.49. The number of nitrogens with zero attached hydrogens (tertiary/aromatic N) is 4. The lowest BCUT2D eigenvalue weighted by atomic mass is 10.2. The zero-order chi connectivity index (χ0) is 15.3. The number of pyridine rings is 1. The third-order valence-electron chi connectivity index (χ3n) is 2.31. The second-order valence-corrected chi connectivity index (χ2v) is 3.90. The van der Waals surface area contributed by atoms with Gasteiger partial charge in [-0.25, -0.2) is 4.98 Å². The Morgan fingerprint density at radius 2 is 2.05 bits per heavy atom. The van der Waals surface area contributed by atoms with Crippen molar-refractivity contribution in [2.75, 3.05) is 0 Å². The summed E-state index contributed by atoms with van der Waals surface area (Å²) >= 11 is 0. The molecular weight excluding hydrogens is 285 g/mol. The van der Waals surface area contributed by atoms with Crippen LogP contribution >= 0.6 is 0 Å². The van der Waals surface area contributed by atoms with Gasteiger partial charge in [-0.2, -0.15) is 15.0 Å². The maximum absolute atomic E-state index is 12.0. The fourth-order valence-corrected chi connectivity index (χ4v) is 1.47. The summed E-state index contributed by atoms with van der Waals surface area (Å²) in [5.74, 6) is 5.25. The van der Waals surface area contributed by atoms with Crippen molar-refractivity contribution in [3.05, 3.63) is 24.5 Å². The number of halogens is 3. The zero-order valence-electron chi connectivity index (χ0n) is 11.1. The van der Waals surface area contributed by atoms with Crippen LogP contribution in [0.5, 0.6) is 5.88 Å². The summed E-state index contributed by atoms with van der Waals surface area (Å²) in [6.45, 7) is 2.29. The van der Waals surface area contributed by atoms with Gasteiger partial charge in [0, 0.05) is 24.2 Å². The van der Waals surface area contributed by atoms with Crippen LogP contribution in [0.25, 0.3) is 11.3 Å². The van der Waals surface area contributed by atoms with Crippen molar-refractivity contribution < 1.29 is 17.9 Å². The average molecular weight is 296 g/mol. The molecule has 0 unspecified atom stereocenters. The molecular formula is C13H11F3N4O. The Hall–Kier alpha value is -2.56. The minimum absolute atomic E-state index is 0.358. The smallest absolute Gasteiger partial charge is 0.388 e. The standard InChI is InChI=1S/C13H11F3N4O/c1-2-3-4-7-20-18-9-11(19-20)10-5-6-12(17-8-10)21-13(14,15)16/h5-6,8-9H,2,7H2,1H3. The molecule has 2 aromatic heterocycles. The molecule has 0 bridgehead atoms. The van der Waals surface area contributed by atoms with Crippen LogP contribution in [0.2, 0.25) is 0 Å². The number of hydrogen-bond acceptors (Lipinski definition) is 4. The Labute approximate surface area is 118 Å². The lowest BCUT2D eigenvalue weighted by Gasteiger charge is -2.07. The molecule has 0 aliphatic carbocycles. The molecule has 0 aromatic carbocycles. The highest BCUT2D eigenvalue weighted by Crippen LogP contribution is 2.22. The van der Waals surface area contributed by atoms with Gasteiger partial charge in [-0.15, -0.1) is 19.1 Å². The van der Waals surface area contributed by atoms with E-state index in [4.69, 9.17) is 0 Å². The molecule has 0 saturated heterocycles. The van der Waals surface area contributed by atoms with E-state index in [2.05, 4.69) is 31.8 Å². The maximum atomic E-state index is 12.0. The van der Waals surface area contributed by atoms with E-state index in [1.165, 1.54) is 23.3 Å². The molecule has 0 spiro atoms. The number of hydrogen-bond donors (Lipinski definition) is 0. The van der Waals surface area contributed by atoms with Crippen molar-refractivity contribution in [2.24, 2.45) is 0 Å². The molecule has 21 heavy (non-hydrogen) atoms. The van der Waals surface area contributed by atoms with Gasteiger partial charge in [0.05, 0.1) is 6.20 Å². The Morgan fingerprint density at radius 1 is 1.24 bits per heavy atom. The predicted molar refractivity (Wildman–Crippen MR) is 68.0 cm³/mol. The van der Waals surface area contributed by atoms with Crippen molar-refractivity contribution in [3.63, 3.8) is 0 Å². The molecule has 2 aromatic rings. The van der Waals surface area contributed by atoms with Gasteiger partial charge in [-0.3, -0.25) is 0 Å². The summed E-state index contributed by atoms with van der Waals surface area (Å²) in [5.41, 5.74) is 1.04. The van der Waals surface area contributed by atoms with Crippen LogP contribution in [0.15, 0.2) is 24.5 Å². The highest BCUT2D eigenvalue weighted by atomic mass is 19.4. The Balaban J connectivity index is 2.08. The summed E-state index contributed by atoms with van der Waals surface area (Å²) in [7, 11) is 0. The summed E-state index contributed by atoms with van der Waals surface area (Å²) in [6, 6.07) is 2.55. The topological polar surface area (TPSA) is 52.8 Å². The first-order valence-electron chi connectivity index (χ1n) is 6.06. The van der Waals surface area contributed by atoms with E-state index in [0.29, 0.717) is 17.8 Å². The molecule has 0 N–H and O–H groups in total. The van der Waals surface area contributed by atoms with Gasteiger partial charge in [0.1, 0.15) is 12.2 Å². The summed E-state index contributed by atoms with van der Waals surface area (Å²) in [6.07, 6.45) is -1.27. The van der Waals surface area contributed by atoms with Crippen LogP contribution in [-0.2, 0) is 6.54 Å². The zero-order valence-corrected chi connectivity index (χ0v) is 11.1. The number of aromatic nitrogens is 4. The first-order valence-corrected chi connectivity index (χ1v) is 6.06. The molecule has 0 atom stereocenters. The molecule has 0 saturated carbocycles. The van der Waals surface area contributed by atoms with Gasteiger partial charge >= 0.3 is 6.36 Å². The van der Waals surface area contributed by atoms with E-state index in [0.717, 1.165) is 12.5 Å².